The van der Waals surface area contributed by atoms with Gasteiger partial charge in [0.05, 0.1) is 0 Å². The SMILES string of the molecule is CC(=O)C1CC2CC(C)(C=C3CCCC3)CC2C1. The van der Waals surface area contributed by atoms with Crippen molar-refractivity contribution in [1.29, 1.82) is 0 Å². The molecule has 0 N–H and O–H groups in total. The zero-order chi connectivity index (χ0) is 12.8. The Kier molecular flexibility index (Phi) is 3.11. The fourth-order valence-electron chi connectivity index (χ4n) is 4.91. The highest BCUT2D eigenvalue weighted by atomic mass is 16.1. The fraction of sp³-hybridized carbons (Fsp3) is 0.824. The van der Waals surface area contributed by atoms with Crippen molar-refractivity contribution in [3.05, 3.63) is 11.6 Å². The van der Waals surface area contributed by atoms with E-state index in [9.17, 15) is 4.79 Å². The molecule has 3 aliphatic carbocycles. The molecule has 2 atom stereocenters. The van der Waals surface area contributed by atoms with Gasteiger partial charge in [-0.2, -0.15) is 0 Å². The molecule has 3 saturated carbocycles. The van der Waals surface area contributed by atoms with E-state index in [1.165, 1.54) is 51.4 Å². The van der Waals surface area contributed by atoms with Crippen molar-refractivity contribution in [2.75, 3.05) is 0 Å². The molecule has 0 radical (unpaired) electrons. The summed E-state index contributed by atoms with van der Waals surface area (Å²) >= 11 is 0. The topological polar surface area (TPSA) is 17.1 Å². The first kappa shape index (κ1) is 12.4. The predicted octanol–water partition coefficient (Wildman–Crippen LogP) is 4.52. The summed E-state index contributed by atoms with van der Waals surface area (Å²) < 4.78 is 0. The number of carbonyl (C=O) groups is 1. The highest BCUT2D eigenvalue weighted by Gasteiger charge is 2.47. The zero-order valence-corrected chi connectivity index (χ0v) is 11.9. The molecule has 0 bridgehead atoms. The van der Waals surface area contributed by atoms with Gasteiger partial charge in [-0.1, -0.05) is 18.6 Å². The lowest BCUT2D eigenvalue weighted by molar-refractivity contribution is -0.120. The van der Waals surface area contributed by atoms with Gasteiger partial charge < -0.3 is 0 Å². The number of Topliss-reactive ketones (excluding diaryl/α,β-unsaturated/α-hetero) is 1. The third kappa shape index (κ3) is 2.29. The van der Waals surface area contributed by atoms with E-state index in [1.807, 2.05) is 0 Å². The van der Waals surface area contributed by atoms with Gasteiger partial charge in [-0.25, -0.2) is 0 Å². The molecule has 0 spiro atoms. The Hall–Kier alpha value is -0.590. The smallest absolute Gasteiger partial charge is 0.132 e. The number of hydrogen-bond donors (Lipinski definition) is 0. The van der Waals surface area contributed by atoms with Crippen LogP contribution in [0.15, 0.2) is 11.6 Å². The molecule has 0 heterocycles. The van der Waals surface area contributed by atoms with Gasteiger partial charge in [-0.05, 0) is 75.5 Å². The Morgan fingerprint density at radius 2 is 1.72 bits per heavy atom. The van der Waals surface area contributed by atoms with E-state index in [1.54, 1.807) is 12.5 Å². The molecule has 0 aliphatic heterocycles. The van der Waals surface area contributed by atoms with E-state index in [0.717, 1.165) is 11.8 Å². The third-order valence-corrected chi connectivity index (χ3v) is 5.67. The molecule has 3 fully saturated rings. The van der Waals surface area contributed by atoms with E-state index in [2.05, 4.69) is 13.0 Å². The maximum Gasteiger partial charge on any atom is 0.132 e. The van der Waals surface area contributed by atoms with Crippen LogP contribution in [0.4, 0.5) is 0 Å². The monoisotopic (exact) mass is 246 g/mol. The van der Waals surface area contributed by atoms with Crippen molar-refractivity contribution in [2.45, 2.75) is 65.2 Å². The van der Waals surface area contributed by atoms with Gasteiger partial charge in [0.1, 0.15) is 5.78 Å². The van der Waals surface area contributed by atoms with Gasteiger partial charge in [-0.15, -0.1) is 0 Å². The number of allylic oxidation sites excluding steroid dienone is 2. The molecule has 3 rings (SSSR count). The van der Waals surface area contributed by atoms with Crippen LogP contribution in [0.1, 0.15) is 65.2 Å². The number of fused-ring (bicyclic) bond motifs is 1. The van der Waals surface area contributed by atoms with Gasteiger partial charge in [0.25, 0.3) is 0 Å². The van der Waals surface area contributed by atoms with Gasteiger partial charge >= 0.3 is 0 Å². The van der Waals surface area contributed by atoms with Crippen molar-refractivity contribution in [1.82, 2.24) is 0 Å². The first-order chi connectivity index (χ1) is 8.56. The molecule has 0 aromatic rings. The van der Waals surface area contributed by atoms with E-state index in [4.69, 9.17) is 0 Å². The van der Waals surface area contributed by atoms with Crippen LogP contribution in [0.25, 0.3) is 0 Å². The summed E-state index contributed by atoms with van der Waals surface area (Å²) in [7, 11) is 0. The summed E-state index contributed by atoms with van der Waals surface area (Å²) in [4.78, 5) is 11.5. The molecular weight excluding hydrogens is 220 g/mol. The average Bonchev–Trinajstić information content (AvgIpc) is 2.92. The lowest BCUT2D eigenvalue weighted by atomic mass is 9.82. The fourth-order valence-corrected chi connectivity index (χ4v) is 4.91. The molecule has 0 saturated heterocycles. The van der Waals surface area contributed by atoms with Crippen LogP contribution in [-0.4, -0.2) is 5.78 Å². The minimum absolute atomic E-state index is 0.392. The Morgan fingerprint density at radius 3 is 2.22 bits per heavy atom. The Labute approximate surface area is 111 Å². The number of hydrogen-bond acceptors (Lipinski definition) is 1. The van der Waals surface area contributed by atoms with Crippen molar-refractivity contribution in [3.8, 4) is 0 Å². The van der Waals surface area contributed by atoms with E-state index in [0.29, 0.717) is 17.1 Å². The molecule has 0 amide bonds. The molecule has 3 aliphatic rings. The van der Waals surface area contributed by atoms with Crippen LogP contribution in [0.3, 0.4) is 0 Å². The van der Waals surface area contributed by atoms with Crippen LogP contribution in [0.5, 0.6) is 0 Å². The molecule has 0 aromatic carbocycles. The minimum Gasteiger partial charge on any atom is -0.300 e. The normalized spacial score (nSPS) is 43.2. The number of rotatable bonds is 2. The zero-order valence-electron chi connectivity index (χ0n) is 11.9. The number of carbonyl (C=O) groups excluding carboxylic acids is 1. The summed E-state index contributed by atoms with van der Waals surface area (Å²) in [6.07, 6.45) is 13.2. The van der Waals surface area contributed by atoms with E-state index >= 15 is 0 Å². The van der Waals surface area contributed by atoms with Crippen LogP contribution in [-0.2, 0) is 4.79 Å². The molecule has 18 heavy (non-hydrogen) atoms. The third-order valence-electron chi connectivity index (χ3n) is 5.67. The molecular formula is C17H26O. The average molecular weight is 246 g/mol. The standard InChI is InChI=1S/C17H26O/c1-12(18)14-7-15-10-17(2,11-16(15)8-14)9-13-5-3-4-6-13/h9,14-16H,3-8,10-11H2,1-2H3. The summed E-state index contributed by atoms with van der Waals surface area (Å²) in [6, 6.07) is 0. The Balaban J connectivity index is 1.66. The Morgan fingerprint density at radius 1 is 1.17 bits per heavy atom. The second kappa shape index (κ2) is 4.51. The van der Waals surface area contributed by atoms with Crippen molar-refractivity contribution < 1.29 is 4.79 Å². The predicted molar refractivity (Wildman–Crippen MR) is 74.3 cm³/mol. The van der Waals surface area contributed by atoms with Crippen molar-refractivity contribution in [3.63, 3.8) is 0 Å². The molecule has 1 heteroatoms. The van der Waals surface area contributed by atoms with Crippen LogP contribution >= 0.6 is 0 Å². The first-order valence-electron chi connectivity index (χ1n) is 7.77. The number of ketones is 1. The summed E-state index contributed by atoms with van der Waals surface area (Å²) in [5, 5.41) is 0. The van der Waals surface area contributed by atoms with E-state index < -0.39 is 0 Å². The van der Waals surface area contributed by atoms with Gasteiger partial charge in [0.15, 0.2) is 0 Å². The highest BCUT2D eigenvalue weighted by Crippen LogP contribution is 2.56. The quantitative estimate of drug-likeness (QED) is 0.655. The van der Waals surface area contributed by atoms with Crippen LogP contribution in [0.2, 0.25) is 0 Å². The molecule has 1 nitrogen and oxygen atoms in total. The lowest BCUT2D eigenvalue weighted by Crippen LogP contribution is -2.14. The van der Waals surface area contributed by atoms with E-state index in [-0.39, 0.29) is 0 Å². The lowest BCUT2D eigenvalue weighted by Gasteiger charge is -2.23. The first-order valence-corrected chi connectivity index (χ1v) is 7.77. The van der Waals surface area contributed by atoms with Crippen molar-refractivity contribution >= 4 is 5.78 Å². The summed E-state index contributed by atoms with van der Waals surface area (Å²) in [5.41, 5.74) is 2.18. The van der Waals surface area contributed by atoms with Crippen molar-refractivity contribution in [2.24, 2.45) is 23.2 Å². The summed E-state index contributed by atoms with van der Waals surface area (Å²) in [5.74, 6) is 2.49. The summed E-state index contributed by atoms with van der Waals surface area (Å²) in [6.45, 7) is 4.24. The maximum absolute atomic E-state index is 11.5. The second-order valence-electron chi connectivity index (χ2n) is 7.37. The maximum atomic E-state index is 11.5. The Bertz CT molecular complexity index is 357. The highest BCUT2D eigenvalue weighted by molar-refractivity contribution is 5.78. The van der Waals surface area contributed by atoms with Crippen LogP contribution in [0, 0.1) is 23.2 Å². The van der Waals surface area contributed by atoms with Gasteiger partial charge in [-0.3, -0.25) is 4.79 Å². The minimum atomic E-state index is 0.392. The van der Waals surface area contributed by atoms with Gasteiger partial charge in [0.2, 0.25) is 0 Å². The molecule has 100 valence electrons. The van der Waals surface area contributed by atoms with Gasteiger partial charge in [0, 0.05) is 5.92 Å². The second-order valence-corrected chi connectivity index (χ2v) is 7.37. The molecule has 2 unspecified atom stereocenters. The largest absolute Gasteiger partial charge is 0.300 e. The van der Waals surface area contributed by atoms with Crippen LogP contribution < -0.4 is 0 Å². The molecule has 0 aromatic heterocycles.